The van der Waals surface area contributed by atoms with Crippen molar-refractivity contribution in [3.8, 4) is 0 Å². The van der Waals surface area contributed by atoms with Crippen LogP contribution in [-0.4, -0.2) is 149 Å². The second-order valence-electron chi connectivity index (χ2n) is 28.9. The van der Waals surface area contributed by atoms with Crippen LogP contribution in [0.2, 0.25) is 0 Å². The molecule has 0 N–H and O–H groups in total. The highest BCUT2D eigenvalue weighted by atomic mass is 16.6. The first kappa shape index (κ1) is 95.0. The van der Waals surface area contributed by atoms with Crippen LogP contribution in [0.5, 0.6) is 0 Å². The van der Waals surface area contributed by atoms with Gasteiger partial charge in [-0.05, 0) is 183 Å². The lowest BCUT2D eigenvalue weighted by Gasteiger charge is -2.49. The number of hydrogen-bond donors (Lipinski definition) is 0. The minimum absolute atomic E-state index is 0.0359. The maximum Gasteiger partial charge on any atom is 0.309 e. The van der Waals surface area contributed by atoms with Crippen LogP contribution in [0.1, 0.15) is 311 Å². The summed E-state index contributed by atoms with van der Waals surface area (Å²) >= 11 is 0. The molecule has 19 heteroatoms. The number of cyclic esters (lactones) is 4. The molecule has 14 bridgehead atoms. The molecule has 10 aliphatic carbocycles. The summed E-state index contributed by atoms with van der Waals surface area (Å²) in [7, 11) is 0. The van der Waals surface area contributed by atoms with E-state index < -0.39 is 0 Å². The van der Waals surface area contributed by atoms with Gasteiger partial charge in [0.05, 0.1) is 86.7 Å². The zero-order chi connectivity index (χ0) is 78.1. The van der Waals surface area contributed by atoms with Crippen molar-refractivity contribution in [2.75, 3.05) is 52.9 Å². The number of ketones is 4. The van der Waals surface area contributed by atoms with Crippen LogP contribution in [0.25, 0.3) is 0 Å². The standard InChI is InChI=1S/C10H14O2.2C9H12O2.C8H10O3.2C8H12O2.C7H10O2.C5H8O2.C4H6O2.9C2H6/c11-9-5-12-10-4-6-1-2-7(10)8(9)3-6;10-8-4-11-9-3-5-1-6(8)7(9)2-5;10-9-8-6-2-1-5(3-6)7(8)4-11-9;9-6-3-10-7-2-4-1-5(6)8(7)11-4;9-8-5-10-7-3-1-2-6(8)4-7;9-8-7-4-2-1-3-6(7)5-10-8;8-7-5-1-3-6(9-7)4-2-5;6-5-3-1-2-4-7-5;5-4-2-1-3-6-4;9*1-2/h6-8,10H,1-5H2;5-7,9H,1-4H2;5-8H,1-4H2;4-5,7-8H,1-3H2;2*6-7H,1-5H2;5-6H,1-4H2;1-4H2;1-3H2;9*1-2H3. The molecule has 0 aromatic rings. The zero-order valence-electron chi connectivity index (χ0n) is 69.1. The van der Waals surface area contributed by atoms with Crippen molar-refractivity contribution in [2.45, 2.75) is 354 Å². The zero-order valence-corrected chi connectivity index (χ0v) is 69.1. The average molecular weight is 1490 g/mol. The van der Waals surface area contributed by atoms with Crippen molar-refractivity contribution in [3.63, 3.8) is 0 Å². The predicted molar refractivity (Wildman–Crippen MR) is 410 cm³/mol. The molecule has 0 amide bonds. The van der Waals surface area contributed by atoms with Crippen LogP contribution in [-0.2, 0) is 90.5 Å². The summed E-state index contributed by atoms with van der Waals surface area (Å²) in [6.45, 7) is 40.2. The Hall–Kier alpha value is -4.17. The third-order valence-corrected chi connectivity index (χ3v) is 23.6. The van der Waals surface area contributed by atoms with Gasteiger partial charge in [0, 0.05) is 48.9 Å². The van der Waals surface area contributed by atoms with Gasteiger partial charge in [-0.25, -0.2) is 0 Å². The molecule has 12 aliphatic heterocycles. The molecule has 22 fully saturated rings. The van der Waals surface area contributed by atoms with Gasteiger partial charge in [-0.2, -0.15) is 0 Å². The molecule has 20 atom stereocenters. The van der Waals surface area contributed by atoms with Crippen molar-refractivity contribution in [3.05, 3.63) is 0 Å². The first-order chi connectivity index (χ1) is 51.3. The Balaban J connectivity index is 0.000000300. The number of hydrogen-bond acceptors (Lipinski definition) is 19. The Labute approximate surface area is 635 Å². The molecule has 19 nitrogen and oxygen atoms in total. The normalized spacial score (nSPS) is 36.8. The molecule has 608 valence electrons. The van der Waals surface area contributed by atoms with E-state index in [9.17, 15) is 43.2 Å². The van der Waals surface area contributed by atoms with Crippen molar-refractivity contribution < 1.29 is 90.5 Å². The summed E-state index contributed by atoms with van der Waals surface area (Å²) in [5.74, 6) is 9.13. The fourth-order valence-corrected chi connectivity index (χ4v) is 18.9. The topological polar surface area (TPSA) is 246 Å². The Bertz CT molecular complexity index is 2430. The predicted octanol–water partition coefficient (Wildman–Crippen LogP) is 17.6. The van der Waals surface area contributed by atoms with Crippen LogP contribution < -0.4 is 0 Å². The summed E-state index contributed by atoms with van der Waals surface area (Å²) in [5.41, 5.74) is 0. The van der Waals surface area contributed by atoms with Crippen molar-refractivity contribution in [1.29, 1.82) is 0 Å². The van der Waals surface area contributed by atoms with E-state index >= 15 is 0 Å². The molecule has 22 rings (SSSR count). The van der Waals surface area contributed by atoms with E-state index in [4.69, 9.17) is 37.9 Å². The highest BCUT2D eigenvalue weighted by Gasteiger charge is 2.56. The molecule has 0 aromatic carbocycles. The van der Waals surface area contributed by atoms with Crippen LogP contribution >= 0.6 is 0 Å². The van der Waals surface area contributed by atoms with Crippen molar-refractivity contribution in [2.24, 2.45) is 88.8 Å². The minimum atomic E-state index is -0.0463. The van der Waals surface area contributed by atoms with Crippen LogP contribution in [0.15, 0.2) is 0 Å². The summed E-state index contributed by atoms with van der Waals surface area (Å²) in [4.78, 5) is 98.4. The minimum Gasteiger partial charge on any atom is -0.466 e. The number of ether oxygens (including phenoxy) is 10. The lowest BCUT2D eigenvalue weighted by molar-refractivity contribution is -0.168. The number of esters is 5. The first-order valence-electron chi connectivity index (χ1n) is 43.4. The monoisotopic (exact) mass is 1490 g/mol. The maximum atomic E-state index is 11.5. The van der Waals surface area contributed by atoms with Crippen molar-refractivity contribution >= 4 is 53.0 Å². The van der Waals surface area contributed by atoms with Gasteiger partial charge in [-0.1, -0.05) is 144 Å². The SMILES string of the molecule is CC.CC.CC.CC.CC.CC.CC.CC.CC.O=C1CCCCO1.O=C1CCCO1.O=C1COC2CC3CC1C2C3.O=C1COC2CC3CC1C2O3.O=C1COC2CC3CCC2C1C3.O=C1COC2CCCC1C2.O=C1OC2CCC1CC2.O=C1OCC2C3CCC(C3)C12.O=C1OCC2CCCCC12. The third kappa shape index (κ3) is 27.7. The van der Waals surface area contributed by atoms with Gasteiger partial charge >= 0.3 is 29.8 Å². The first-order valence-corrected chi connectivity index (χ1v) is 43.4. The number of carbonyl (C=O) groups excluding carboxylic acids is 9. The van der Waals surface area contributed by atoms with Crippen molar-refractivity contribution in [1.82, 2.24) is 0 Å². The molecule has 22 aliphatic rings. The molecule has 0 spiro atoms. The Morgan fingerprint density at radius 3 is 1.33 bits per heavy atom. The summed E-state index contributed by atoms with van der Waals surface area (Å²) < 4.78 is 51.4. The van der Waals surface area contributed by atoms with Crippen LogP contribution in [0.4, 0.5) is 0 Å². The largest absolute Gasteiger partial charge is 0.466 e. The van der Waals surface area contributed by atoms with Gasteiger partial charge in [-0.15, -0.1) is 0 Å². The fourth-order valence-electron chi connectivity index (χ4n) is 18.9. The van der Waals surface area contributed by atoms with E-state index in [1.165, 1.54) is 96.3 Å². The molecular formula is C86H150O19. The molecule has 0 radical (unpaired) electrons. The van der Waals surface area contributed by atoms with E-state index in [1.807, 2.05) is 125 Å². The Kier molecular flexibility index (Phi) is 47.8. The van der Waals surface area contributed by atoms with Gasteiger partial charge in [0.1, 0.15) is 32.5 Å². The average Bonchev–Trinajstić information content (AvgIpc) is 1.67. The van der Waals surface area contributed by atoms with Gasteiger partial charge in [0.2, 0.25) is 0 Å². The van der Waals surface area contributed by atoms with Gasteiger partial charge in [-0.3, -0.25) is 43.2 Å². The molecule has 0 aromatic heterocycles. The highest BCUT2D eigenvalue weighted by Crippen LogP contribution is 2.55. The second kappa shape index (κ2) is 52.9. The number of rotatable bonds is 0. The highest BCUT2D eigenvalue weighted by molar-refractivity contribution is 5.85. The Morgan fingerprint density at radius 1 is 0.295 bits per heavy atom. The van der Waals surface area contributed by atoms with E-state index in [1.54, 1.807) is 0 Å². The quantitative estimate of drug-likeness (QED) is 0.162. The second-order valence-corrected chi connectivity index (χ2v) is 28.9. The van der Waals surface area contributed by atoms with E-state index in [0.717, 1.165) is 101 Å². The molecular weight excluding hydrogens is 1340 g/mol. The van der Waals surface area contributed by atoms with Gasteiger partial charge in [0.15, 0.2) is 23.1 Å². The summed E-state index contributed by atoms with van der Waals surface area (Å²) in [6.07, 6.45) is 34.6. The number of fused-ring (bicyclic) bond motifs is 14. The van der Waals surface area contributed by atoms with Gasteiger partial charge in [0.25, 0.3) is 0 Å². The lowest BCUT2D eigenvalue weighted by Crippen LogP contribution is -2.51. The molecule has 12 saturated heterocycles. The summed E-state index contributed by atoms with van der Waals surface area (Å²) in [5, 5.41) is 0. The Morgan fingerprint density at radius 2 is 0.848 bits per heavy atom. The fraction of sp³-hybridized carbons (Fsp3) is 0.895. The van der Waals surface area contributed by atoms with Gasteiger partial charge < -0.3 is 47.4 Å². The summed E-state index contributed by atoms with van der Waals surface area (Å²) in [6, 6.07) is 0. The molecule has 105 heavy (non-hydrogen) atoms. The third-order valence-electron chi connectivity index (χ3n) is 23.6. The van der Waals surface area contributed by atoms with Crippen LogP contribution in [0, 0.1) is 88.8 Å². The van der Waals surface area contributed by atoms with E-state index in [0.29, 0.717) is 154 Å². The smallest absolute Gasteiger partial charge is 0.309 e. The van der Waals surface area contributed by atoms with E-state index in [-0.39, 0.29) is 71.7 Å². The molecule has 20 unspecified atom stereocenters. The number of carbonyl (C=O) groups is 9. The molecule has 12 heterocycles. The number of Topliss-reactive ketones (excluding diaryl/α,β-unsaturated/α-hetero) is 4. The molecule has 10 saturated carbocycles. The lowest BCUT2D eigenvalue weighted by atomic mass is 9.61. The van der Waals surface area contributed by atoms with E-state index in [2.05, 4.69) is 9.47 Å². The maximum absolute atomic E-state index is 11.5. The van der Waals surface area contributed by atoms with Crippen LogP contribution in [0.3, 0.4) is 0 Å².